The molecule has 5 heteroatoms. The minimum atomic E-state index is -0.797. The Kier molecular flexibility index (Phi) is 4.13. The van der Waals surface area contributed by atoms with E-state index in [0.717, 1.165) is 11.9 Å². The quantitative estimate of drug-likeness (QED) is 0.943. The van der Waals surface area contributed by atoms with E-state index in [2.05, 4.69) is 10.6 Å². The number of rotatable bonds is 4. The summed E-state index contributed by atoms with van der Waals surface area (Å²) >= 11 is 0. The van der Waals surface area contributed by atoms with E-state index < -0.39 is 11.9 Å². The molecule has 1 aliphatic heterocycles. The molecule has 22 heavy (non-hydrogen) atoms. The van der Waals surface area contributed by atoms with Crippen molar-refractivity contribution < 1.29 is 14.7 Å². The topological polar surface area (TPSA) is 62.5 Å². The Morgan fingerprint density at radius 3 is 2.86 bits per heavy atom. The Hall–Kier alpha value is -2.30. The molecule has 1 atom stereocenters. The van der Waals surface area contributed by atoms with Crippen LogP contribution in [0.25, 0.3) is 10.9 Å². The zero-order chi connectivity index (χ0) is 15.5. The molecule has 3 rings (SSSR count). The first kappa shape index (κ1) is 14.6. The van der Waals surface area contributed by atoms with Crippen LogP contribution in [0.3, 0.4) is 0 Å². The summed E-state index contributed by atoms with van der Waals surface area (Å²) in [6.45, 7) is 1.65. The summed E-state index contributed by atoms with van der Waals surface area (Å²) in [6, 6.07) is 10.1. The Morgan fingerprint density at radius 2 is 2.05 bits per heavy atom. The van der Waals surface area contributed by atoms with Gasteiger partial charge in [-0.25, -0.2) is 0 Å². The molecule has 0 unspecified atom stereocenters. The van der Waals surface area contributed by atoms with Crippen molar-refractivity contribution in [1.82, 2.24) is 9.47 Å². The van der Waals surface area contributed by atoms with Crippen molar-refractivity contribution >= 4 is 22.8 Å². The van der Waals surface area contributed by atoms with Gasteiger partial charge in [-0.2, -0.15) is 0 Å². The number of hydrogen-bond acceptors (Lipinski definition) is 2. The number of carbonyl (C=O) groups excluding carboxylic acids is 1. The van der Waals surface area contributed by atoms with Gasteiger partial charge in [-0.3, -0.25) is 9.59 Å². The average molecular weight is 300 g/mol. The smallest absolute Gasteiger partial charge is 0.308 e. The van der Waals surface area contributed by atoms with Gasteiger partial charge in [-0.05, 0) is 30.4 Å². The van der Waals surface area contributed by atoms with Gasteiger partial charge in [-0.1, -0.05) is 18.2 Å². The van der Waals surface area contributed by atoms with Gasteiger partial charge in [0.2, 0.25) is 5.91 Å². The van der Waals surface area contributed by atoms with Crippen LogP contribution in [0.1, 0.15) is 19.3 Å². The molecule has 1 fully saturated rings. The van der Waals surface area contributed by atoms with Crippen molar-refractivity contribution in [1.29, 1.82) is 0 Å². The third kappa shape index (κ3) is 2.98. The van der Waals surface area contributed by atoms with Gasteiger partial charge >= 0.3 is 5.97 Å². The second-order valence-corrected chi connectivity index (χ2v) is 5.84. The fourth-order valence-corrected chi connectivity index (χ4v) is 3.12. The molecule has 1 aromatic heterocycles. The Morgan fingerprint density at radius 1 is 1.23 bits per heavy atom. The van der Waals surface area contributed by atoms with E-state index in [9.17, 15) is 9.59 Å². The van der Waals surface area contributed by atoms with E-state index >= 15 is 0 Å². The van der Waals surface area contributed by atoms with E-state index in [1.807, 2.05) is 30.5 Å². The molecule has 0 aliphatic carbocycles. The van der Waals surface area contributed by atoms with Crippen LogP contribution in [0.4, 0.5) is 0 Å². The highest BCUT2D eigenvalue weighted by Crippen LogP contribution is 2.19. The average Bonchev–Trinajstić information content (AvgIpc) is 2.96. The highest BCUT2D eigenvalue weighted by Gasteiger charge is 2.27. The lowest BCUT2D eigenvalue weighted by Crippen LogP contribution is -2.42. The SMILES string of the molecule is O=C(O)[C@H]1CCCN(C(=O)CCn2ccc3ccccc32)C1. The molecule has 1 amide bonds. The van der Waals surface area contributed by atoms with Gasteiger partial charge in [0.15, 0.2) is 0 Å². The van der Waals surface area contributed by atoms with E-state index in [1.54, 1.807) is 4.90 Å². The monoisotopic (exact) mass is 300 g/mol. The Bertz CT molecular complexity index is 692. The number of benzene rings is 1. The predicted molar refractivity (Wildman–Crippen MR) is 83.5 cm³/mol. The number of aromatic nitrogens is 1. The highest BCUT2D eigenvalue weighted by atomic mass is 16.4. The van der Waals surface area contributed by atoms with E-state index in [-0.39, 0.29) is 5.91 Å². The number of piperidine rings is 1. The fraction of sp³-hybridized carbons (Fsp3) is 0.412. The minimum Gasteiger partial charge on any atom is -0.481 e. The molecular formula is C17H20N2O3. The minimum absolute atomic E-state index is 0.0451. The molecule has 2 heterocycles. The molecule has 0 radical (unpaired) electrons. The predicted octanol–water partition coefficient (Wildman–Crippen LogP) is 2.35. The second kappa shape index (κ2) is 6.22. The number of nitrogens with zero attached hydrogens (tertiary/aromatic N) is 2. The lowest BCUT2D eigenvalue weighted by Gasteiger charge is -2.30. The zero-order valence-corrected chi connectivity index (χ0v) is 12.4. The first-order valence-corrected chi connectivity index (χ1v) is 7.69. The molecule has 2 aromatic rings. The Labute approximate surface area is 129 Å². The van der Waals surface area contributed by atoms with Crippen LogP contribution in [0.15, 0.2) is 36.5 Å². The van der Waals surface area contributed by atoms with E-state index in [1.165, 1.54) is 5.39 Å². The van der Waals surface area contributed by atoms with Gasteiger partial charge in [0.1, 0.15) is 0 Å². The van der Waals surface area contributed by atoms with Gasteiger partial charge in [-0.15, -0.1) is 0 Å². The first-order chi connectivity index (χ1) is 10.6. The maximum atomic E-state index is 12.3. The largest absolute Gasteiger partial charge is 0.481 e. The number of hydrogen-bond donors (Lipinski definition) is 1. The lowest BCUT2D eigenvalue weighted by atomic mass is 9.98. The maximum absolute atomic E-state index is 12.3. The summed E-state index contributed by atoms with van der Waals surface area (Å²) in [6.07, 6.45) is 3.84. The first-order valence-electron chi connectivity index (χ1n) is 7.69. The molecule has 1 saturated heterocycles. The van der Waals surface area contributed by atoms with Crippen molar-refractivity contribution in [3.63, 3.8) is 0 Å². The number of carboxylic acid groups (broad SMARTS) is 1. The second-order valence-electron chi connectivity index (χ2n) is 5.84. The standard InChI is InChI=1S/C17H20N2O3/c20-16(19-9-3-5-14(12-19)17(21)22)8-11-18-10-7-13-4-1-2-6-15(13)18/h1-2,4,6-7,10,14H,3,5,8-9,11-12H2,(H,21,22)/t14-/m0/s1. The normalized spacial score (nSPS) is 18.5. The lowest BCUT2D eigenvalue weighted by molar-refractivity contribution is -0.145. The van der Waals surface area contributed by atoms with Crippen molar-refractivity contribution in [2.45, 2.75) is 25.8 Å². The molecule has 0 bridgehead atoms. The summed E-state index contributed by atoms with van der Waals surface area (Å²) < 4.78 is 2.08. The van der Waals surface area contributed by atoms with Crippen molar-refractivity contribution in [3.05, 3.63) is 36.5 Å². The zero-order valence-electron chi connectivity index (χ0n) is 12.4. The molecule has 1 N–H and O–H groups in total. The summed E-state index contributed by atoms with van der Waals surface area (Å²) in [5.41, 5.74) is 1.12. The van der Waals surface area contributed by atoms with Crippen molar-refractivity contribution in [2.75, 3.05) is 13.1 Å². The molecule has 116 valence electrons. The number of fused-ring (bicyclic) bond motifs is 1. The van der Waals surface area contributed by atoms with Crippen LogP contribution in [0.5, 0.6) is 0 Å². The van der Waals surface area contributed by atoms with Crippen molar-refractivity contribution in [3.8, 4) is 0 Å². The van der Waals surface area contributed by atoms with Crippen molar-refractivity contribution in [2.24, 2.45) is 5.92 Å². The molecular weight excluding hydrogens is 280 g/mol. The fourth-order valence-electron chi connectivity index (χ4n) is 3.12. The number of para-hydroxylation sites is 1. The number of carboxylic acids is 1. The maximum Gasteiger partial charge on any atom is 0.308 e. The summed E-state index contributed by atoms with van der Waals surface area (Å²) in [7, 11) is 0. The van der Waals surface area contributed by atoms with Gasteiger partial charge in [0.05, 0.1) is 5.92 Å². The number of amides is 1. The van der Waals surface area contributed by atoms with Gasteiger partial charge < -0.3 is 14.6 Å². The number of aryl methyl sites for hydroxylation is 1. The third-order valence-corrected chi connectivity index (χ3v) is 4.37. The van der Waals surface area contributed by atoms with E-state index in [4.69, 9.17) is 5.11 Å². The van der Waals surface area contributed by atoms with Crippen LogP contribution in [0.2, 0.25) is 0 Å². The number of aliphatic carboxylic acids is 1. The number of likely N-dealkylation sites (tertiary alicyclic amines) is 1. The molecule has 0 spiro atoms. The van der Waals surface area contributed by atoms with E-state index in [0.29, 0.717) is 32.5 Å². The summed E-state index contributed by atoms with van der Waals surface area (Å²) in [5.74, 6) is -1.16. The van der Waals surface area contributed by atoms with Crippen LogP contribution in [0, 0.1) is 5.92 Å². The van der Waals surface area contributed by atoms with Crippen LogP contribution < -0.4 is 0 Å². The Balaban J connectivity index is 1.61. The van der Waals surface area contributed by atoms with Crippen LogP contribution >= 0.6 is 0 Å². The van der Waals surface area contributed by atoms with Gasteiger partial charge in [0, 0.05) is 37.8 Å². The van der Waals surface area contributed by atoms with Crippen LogP contribution in [-0.4, -0.2) is 39.5 Å². The summed E-state index contributed by atoms with van der Waals surface area (Å²) in [5, 5.41) is 10.3. The molecule has 1 aromatic carbocycles. The number of carbonyl (C=O) groups is 2. The van der Waals surface area contributed by atoms with Gasteiger partial charge in [0.25, 0.3) is 0 Å². The van der Waals surface area contributed by atoms with Crippen LogP contribution in [-0.2, 0) is 16.1 Å². The third-order valence-electron chi connectivity index (χ3n) is 4.37. The summed E-state index contributed by atoms with van der Waals surface area (Å²) in [4.78, 5) is 25.1. The molecule has 1 aliphatic rings. The molecule has 0 saturated carbocycles. The molecule has 5 nitrogen and oxygen atoms in total. The highest BCUT2D eigenvalue weighted by molar-refractivity contribution is 5.81.